The fourth-order valence-corrected chi connectivity index (χ4v) is 5.19. The summed E-state index contributed by atoms with van der Waals surface area (Å²) in [6, 6.07) is 11.7. The summed E-state index contributed by atoms with van der Waals surface area (Å²) in [5.74, 6) is 0.533. The Morgan fingerprint density at radius 1 is 1.10 bits per heavy atom. The fraction of sp³-hybridized carbons (Fsp3) is 0.263. The highest BCUT2D eigenvalue weighted by molar-refractivity contribution is 7.99. The molecule has 1 aromatic heterocycles. The van der Waals surface area contributed by atoms with E-state index in [0.717, 1.165) is 4.90 Å². The van der Waals surface area contributed by atoms with E-state index < -0.39 is 16.1 Å². The van der Waals surface area contributed by atoms with Gasteiger partial charge in [-0.15, -0.1) is 10.2 Å². The van der Waals surface area contributed by atoms with Crippen LogP contribution in [0.1, 0.15) is 31.3 Å². The zero-order chi connectivity index (χ0) is 21.2. The van der Waals surface area contributed by atoms with Crippen LogP contribution in [0.5, 0.6) is 0 Å². The number of nitrogens with zero attached hydrogens (tertiary/aromatic N) is 3. The second-order valence-electron chi connectivity index (χ2n) is 6.42. The van der Waals surface area contributed by atoms with Gasteiger partial charge in [0.2, 0.25) is 10.0 Å². The van der Waals surface area contributed by atoms with Gasteiger partial charge in [-0.05, 0) is 62.9 Å². The van der Waals surface area contributed by atoms with Gasteiger partial charge in [-0.1, -0.05) is 40.9 Å². The first-order valence-corrected chi connectivity index (χ1v) is 11.9. The summed E-state index contributed by atoms with van der Waals surface area (Å²) in [5.41, 5.74) is 1.18. The van der Waals surface area contributed by atoms with E-state index in [1.165, 1.54) is 35.5 Å². The Hall–Kier alpha value is -1.58. The molecule has 3 aromatic rings. The van der Waals surface area contributed by atoms with Gasteiger partial charge in [0, 0.05) is 11.4 Å². The lowest BCUT2D eigenvalue weighted by Gasteiger charge is -2.15. The van der Waals surface area contributed by atoms with Gasteiger partial charge >= 0.3 is 0 Å². The predicted octanol–water partition coefficient (Wildman–Crippen LogP) is 5.10. The molecule has 0 unspecified atom stereocenters. The monoisotopic (exact) mass is 470 g/mol. The molecule has 0 saturated heterocycles. The average Bonchev–Trinajstić information content (AvgIpc) is 3.08. The summed E-state index contributed by atoms with van der Waals surface area (Å²) in [7, 11) is -3.81. The van der Waals surface area contributed by atoms with E-state index in [0.29, 0.717) is 22.5 Å². The Morgan fingerprint density at radius 3 is 2.41 bits per heavy atom. The molecule has 0 aliphatic rings. The molecule has 1 heterocycles. The van der Waals surface area contributed by atoms with Gasteiger partial charge in [0.15, 0.2) is 11.0 Å². The maximum absolute atomic E-state index is 12.7. The number of rotatable bonds is 7. The summed E-state index contributed by atoms with van der Waals surface area (Å²) in [5, 5.41) is 9.66. The minimum atomic E-state index is -3.81. The number of hydrogen-bond acceptors (Lipinski definition) is 5. The highest BCUT2D eigenvalue weighted by Crippen LogP contribution is 2.29. The molecule has 0 saturated carbocycles. The molecule has 0 amide bonds. The van der Waals surface area contributed by atoms with Crippen LogP contribution in [-0.4, -0.2) is 23.2 Å². The molecule has 0 fully saturated rings. The van der Waals surface area contributed by atoms with Crippen LogP contribution in [0.2, 0.25) is 10.0 Å². The molecule has 0 bridgehead atoms. The molecule has 0 aliphatic heterocycles. The first-order chi connectivity index (χ1) is 13.7. The van der Waals surface area contributed by atoms with Crippen molar-refractivity contribution in [2.75, 3.05) is 0 Å². The standard InChI is InChI=1S/C19H20Cl2N4O2S2/c1-4-25-18(22-23-19(25)28-14-7-5-12(2)6-8-14)13(3)24-29(26,27)15-9-10-16(20)17(21)11-15/h5-11,13,24H,4H2,1-3H3/t13-/m1/s1. The lowest BCUT2D eigenvalue weighted by atomic mass is 10.2. The number of aromatic nitrogens is 3. The topological polar surface area (TPSA) is 76.9 Å². The lowest BCUT2D eigenvalue weighted by Crippen LogP contribution is -2.29. The zero-order valence-electron chi connectivity index (χ0n) is 16.1. The Bertz CT molecular complexity index is 1120. The maximum atomic E-state index is 12.7. The molecule has 0 aliphatic carbocycles. The van der Waals surface area contributed by atoms with E-state index in [2.05, 4.69) is 14.9 Å². The van der Waals surface area contributed by atoms with Crippen molar-refractivity contribution < 1.29 is 8.42 Å². The minimum absolute atomic E-state index is 0.0376. The summed E-state index contributed by atoms with van der Waals surface area (Å²) in [6.07, 6.45) is 0. The SMILES string of the molecule is CCn1c(Sc2ccc(C)cc2)nnc1[C@@H](C)NS(=O)(=O)c1ccc(Cl)c(Cl)c1. The quantitative estimate of drug-likeness (QED) is 0.519. The number of sulfonamides is 1. The molecule has 2 aromatic carbocycles. The van der Waals surface area contributed by atoms with Crippen LogP contribution >= 0.6 is 35.0 Å². The molecule has 0 spiro atoms. The van der Waals surface area contributed by atoms with Crippen molar-refractivity contribution in [2.45, 2.75) is 48.3 Å². The Labute approximate surface area is 184 Å². The molecule has 1 N–H and O–H groups in total. The minimum Gasteiger partial charge on any atom is -0.305 e. The maximum Gasteiger partial charge on any atom is 0.241 e. The lowest BCUT2D eigenvalue weighted by molar-refractivity contribution is 0.539. The van der Waals surface area contributed by atoms with Gasteiger partial charge < -0.3 is 4.57 Å². The van der Waals surface area contributed by atoms with Crippen LogP contribution in [-0.2, 0) is 16.6 Å². The Morgan fingerprint density at radius 2 is 1.79 bits per heavy atom. The molecule has 154 valence electrons. The van der Waals surface area contributed by atoms with Crippen LogP contribution < -0.4 is 4.72 Å². The summed E-state index contributed by atoms with van der Waals surface area (Å²) in [4.78, 5) is 1.07. The van der Waals surface area contributed by atoms with Crippen LogP contribution in [0.25, 0.3) is 0 Å². The smallest absolute Gasteiger partial charge is 0.241 e. The van der Waals surface area contributed by atoms with Gasteiger partial charge in [-0.25, -0.2) is 13.1 Å². The Kier molecular flexibility index (Phi) is 6.90. The van der Waals surface area contributed by atoms with Crippen molar-refractivity contribution >= 4 is 45.0 Å². The van der Waals surface area contributed by atoms with Crippen molar-refractivity contribution in [1.82, 2.24) is 19.5 Å². The number of nitrogens with one attached hydrogen (secondary N) is 1. The summed E-state index contributed by atoms with van der Waals surface area (Å²) >= 11 is 13.3. The van der Waals surface area contributed by atoms with Crippen molar-refractivity contribution in [2.24, 2.45) is 0 Å². The third-order valence-electron chi connectivity index (χ3n) is 4.21. The highest BCUT2D eigenvalue weighted by Gasteiger charge is 2.24. The molecule has 0 radical (unpaired) electrons. The van der Waals surface area contributed by atoms with Crippen LogP contribution in [0.3, 0.4) is 0 Å². The van der Waals surface area contributed by atoms with Crippen LogP contribution in [0.15, 0.2) is 57.4 Å². The van der Waals surface area contributed by atoms with Gasteiger partial charge in [0.1, 0.15) is 0 Å². The summed E-state index contributed by atoms with van der Waals surface area (Å²) < 4.78 is 30.0. The van der Waals surface area contributed by atoms with Gasteiger partial charge in [0.05, 0.1) is 21.0 Å². The third-order valence-corrected chi connectivity index (χ3v) is 7.48. The number of benzene rings is 2. The van der Waals surface area contributed by atoms with E-state index in [1.54, 1.807) is 6.92 Å². The second kappa shape index (κ2) is 9.06. The Balaban J connectivity index is 1.83. The fourth-order valence-electron chi connectivity index (χ4n) is 2.70. The molecule has 10 heteroatoms. The van der Waals surface area contributed by atoms with Gasteiger partial charge in [-0.2, -0.15) is 0 Å². The highest BCUT2D eigenvalue weighted by atomic mass is 35.5. The molecule has 29 heavy (non-hydrogen) atoms. The van der Waals surface area contributed by atoms with Crippen molar-refractivity contribution in [3.63, 3.8) is 0 Å². The van der Waals surface area contributed by atoms with Crippen molar-refractivity contribution in [3.8, 4) is 0 Å². The summed E-state index contributed by atoms with van der Waals surface area (Å²) in [6.45, 7) is 6.33. The molecule has 6 nitrogen and oxygen atoms in total. The largest absolute Gasteiger partial charge is 0.305 e. The van der Waals surface area contributed by atoms with Crippen molar-refractivity contribution in [3.05, 3.63) is 63.9 Å². The third kappa shape index (κ3) is 5.13. The normalized spacial score (nSPS) is 12.9. The molecular formula is C19H20Cl2N4O2S2. The van der Waals surface area contributed by atoms with Gasteiger partial charge in [-0.3, -0.25) is 0 Å². The van der Waals surface area contributed by atoms with Crippen molar-refractivity contribution in [1.29, 1.82) is 0 Å². The van der Waals surface area contributed by atoms with E-state index in [-0.39, 0.29) is 9.92 Å². The number of aryl methyl sites for hydroxylation is 1. The average molecular weight is 471 g/mol. The molecular weight excluding hydrogens is 451 g/mol. The van der Waals surface area contributed by atoms with Crippen LogP contribution in [0.4, 0.5) is 0 Å². The first-order valence-electron chi connectivity index (χ1n) is 8.86. The van der Waals surface area contributed by atoms with Crippen LogP contribution in [0, 0.1) is 6.92 Å². The molecule has 1 atom stereocenters. The molecule has 3 rings (SSSR count). The second-order valence-corrected chi connectivity index (χ2v) is 9.99. The number of halogens is 2. The zero-order valence-corrected chi connectivity index (χ0v) is 19.2. The number of hydrogen-bond donors (Lipinski definition) is 1. The van der Waals surface area contributed by atoms with E-state index in [9.17, 15) is 8.42 Å². The predicted molar refractivity (Wildman–Crippen MR) is 116 cm³/mol. The van der Waals surface area contributed by atoms with E-state index in [1.807, 2.05) is 42.7 Å². The van der Waals surface area contributed by atoms with E-state index >= 15 is 0 Å². The van der Waals surface area contributed by atoms with Gasteiger partial charge in [0.25, 0.3) is 0 Å². The first kappa shape index (κ1) is 22.1. The van der Waals surface area contributed by atoms with E-state index in [4.69, 9.17) is 23.2 Å².